The maximum absolute atomic E-state index is 13.2. The average molecular weight is 494 g/mol. The van der Waals surface area contributed by atoms with E-state index < -0.39 is 5.60 Å². The lowest BCUT2D eigenvalue weighted by molar-refractivity contribution is -0.0563. The fraction of sp³-hybridized carbons (Fsp3) is 0.741. The molecule has 0 spiro atoms. The van der Waals surface area contributed by atoms with Gasteiger partial charge in [0.25, 0.3) is 0 Å². The Balaban J connectivity index is 1.66. The molecule has 34 heavy (non-hydrogen) atoms. The summed E-state index contributed by atoms with van der Waals surface area (Å²) in [6, 6.07) is 7.50. The molecule has 1 heterocycles. The Hall–Kier alpha value is -1.34. The molecule has 3 rings (SSSR count). The highest BCUT2D eigenvalue weighted by atomic mass is 35.5. The van der Waals surface area contributed by atoms with Crippen LogP contribution in [0.1, 0.15) is 76.2 Å². The fourth-order valence-corrected chi connectivity index (χ4v) is 6.03. The number of benzene rings is 1. The number of carbonyl (C=O) groups is 1. The lowest BCUT2D eigenvalue weighted by Gasteiger charge is -2.43. The van der Waals surface area contributed by atoms with Crippen molar-refractivity contribution in [3.8, 4) is 0 Å². The summed E-state index contributed by atoms with van der Waals surface area (Å²) >= 11 is 6.29. The van der Waals surface area contributed by atoms with Crippen LogP contribution >= 0.6 is 11.6 Å². The number of methoxy groups -OCH3 is 1. The summed E-state index contributed by atoms with van der Waals surface area (Å²) in [5, 5.41) is 15.8. The average Bonchev–Trinajstić information content (AvgIpc) is 2.86. The number of halogens is 1. The van der Waals surface area contributed by atoms with Crippen molar-refractivity contribution in [3.63, 3.8) is 0 Å². The van der Waals surface area contributed by atoms with Gasteiger partial charge in [-0.05, 0) is 62.1 Å². The molecule has 3 unspecified atom stereocenters. The van der Waals surface area contributed by atoms with E-state index in [1.807, 2.05) is 29.2 Å². The van der Waals surface area contributed by atoms with Crippen LogP contribution in [0.4, 0.5) is 4.79 Å². The molecule has 1 aliphatic carbocycles. The van der Waals surface area contributed by atoms with Crippen LogP contribution in [0, 0.1) is 11.8 Å². The van der Waals surface area contributed by atoms with Gasteiger partial charge in [-0.2, -0.15) is 0 Å². The molecule has 3 atom stereocenters. The van der Waals surface area contributed by atoms with Crippen molar-refractivity contribution in [2.45, 2.75) is 82.3 Å². The first-order valence-corrected chi connectivity index (χ1v) is 13.6. The Morgan fingerprint density at radius 3 is 2.76 bits per heavy atom. The van der Waals surface area contributed by atoms with Gasteiger partial charge < -0.3 is 25.8 Å². The summed E-state index contributed by atoms with van der Waals surface area (Å²) in [5.74, 6) is 0.611. The minimum absolute atomic E-state index is 0.0110. The maximum atomic E-state index is 13.2. The van der Waals surface area contributed by atoms with E-state index in [1.54, 1.807) is 7.11 Å². The van der Waals surface area contributed by atoms with Crippen molar-refractivity contribution in [2.75, 3.05) is 33.4 Å². The molecule has 7 heteroatoms. The largest absolute Gasteiger partial charge is 0.385 e. The first-order valence-electron chi connectivity index (χ1n) is 13.2. The Morgan fingerprint density at radius 1 is 1.26 bits per heavy atom. The molecule has 0 aromatic heterocycles. The molecular formula is C27H44ClN3O3. The topological polar surface area (TPSA) is 87.8 Å². The van der Waals surface area contributed by atoms with Gasteiger partial charge in [0.15, 0.2) is 0 Å². The predicted octanol–water partition coefficient (Wildman–Crippen LogP) is 5.06. The number of ether oxygens (including phenoxy) is 1. The Kier molecular flexibility index (Phi) is 11.0. The van der Waals surface area contributed by atoms with E-state index in [9.17, 15) is 9.90 Å². The van der Waals surface area contributed by atoms with Crippen LogP contribution in [0.15, 0.2) is 24.3 Å². The van der Waals surface area contributed by atoms with Gasteiger partial charge in [0.05, 0.1) is 5.60 Å². The molecule has 1 aliphatic heterocycles. The molecular weight excluding hydrogens is 450 g/mol. The van der Waals surface area contributed by atoms with E-state index in [2.05, 4.69) is 5.32 Å². The zero-order valence-electron chi connectivity index (χ0n) is 20.8. The third kappa shape index (κ3) is 7.58. The number of hydrogen-bond donors (Lipinski definition) is 3. The summed E-state index contributed by atoms with van der Waals surface area (Å²) in [7, 11) is 1.70. The number of nitrogens with one attached hydrogen (secondary N) is 1. The van der Waals surface area contributed by atoms with E-state index in [0.29, 0.717) is 43.6 Å². The summed E-state index contributed by atoms with van der Waals surface area (Å²) < 4.78 is 5.20. The lowest BCUT2D eigenvalue weighted by atomic mass is 9.74. The highest BCUT2D eigenvalue weighted by Crippen LogP contribution is 2.40. The molecule has 0 radical (unpaired) electrons. The van der Waals surface area contributed by atoms with Gasteiger partial charge in [0.1, 0.15) is 0 Å². The number of likely N-dealkylation sites (tertiary alicyclic amines) is 1. The fourth-order valence-electron chi connectivity index (χ4n) is 5.84. The Bertz CT molecular complexity index is 758. The predicted molar refractivity (Wildman–Crippen MR) is 138 cm³/mol. The van der Waals surface area contributed by atoms with Crippen molar-refractivity contribution < 1.29 is 14.6 Å². The van der Waals surface area contributed by atoms with Gasteiger partial charge in [-0.1, -0.05) is 55.8 Å². The highest BCUT2D eigenvalue weighted by Gasteiger charge is 2.41. The van der Waals surface area contributed by atoms with Gasteiger partial charge >= 0.3 is 6.03 Å². The first kappa shape index (κ1) is 27.3. The zero-order valence-corrected chi connectivity index (χ0v) is 21.6. The molecule has 2 fully saturated rings. The van der Waals surface area contributed by atoms with Gasteiger partial charge in [0, 0.05) is 50.3 Å². The molecule has 4 N–H and O–H groups in total. The molecule has 1 aromatic carbocycles. The zero-order chi connectivity index (χ0) is 24.4. The minimum atomic E-state index is -1.03. The van der Waals surface area contributed by atoms with Crippen molar-refractivity contribution in [1.29, 1.82) is 0 Å². The smallest absolute Gasteiger partial charge is 0.317 e. The molecule has 192 valence electrons. The number of nitrogens with two attached hydrogens (primary N) is 1. The van der Waals surface area contributed by atoms with Gasteiger partial charge in [0.2, 0.25) is 0 Å². The van der Waals surface area contributed by atoms with Crippen LogP contribution < -0.4 is 11.1 Å². The van der Waals surface area contributed by atoms with Gasteiger partial charge in [-0.25, -0.2) is 4.79 Å². The highest BCUT2D eigenvalue weighted by molar-refractivity contribution is 6.30. The van der Waals surface area contributed by atoms with E-state index >= 15 is 0 Å². The quantitative estimate of drug-likeness (QED) is 0.376. The van der Waals surface area contributed by atoms with Crippen LogP contribution in [-0.4, -0.2) is 55.4 Å². The number of nitrogens with zero attached hydrogens (tertiary/aromatic N) is 1. The van der Waals surface area contributed by atoms with E-state index in [1.165, 1.54) is 32.1 Å². The van der Waals surface area contributed by atoms with E-state index in [4.69, 9.17) is 22.1 Å². The third-order valence-electron chi connectivity index (χ3n) is 7.82. The number of aliphatic hydroxyl groups is 1. The molecule has 0 bridgehead atoms. The number of urea groups is 1. The summed E-state index contributed by atoms with van der Waals surface area (Å²) in [5.41, 5.74) is 5.84. The normalized spacial score (nSPS) is 22.2. The summed E-state index contributed by atoms with van der Waals surface area (Å²) in [6.45, 7) is 2.37. The Morgan fingerprint density at radius 2 is 2.06 bits per heavy atom. The number of amides is 2. The SMILES string of the molecule is COCCCCC(O)(c1cccc(Cl)c1)C1CCCN(C(=O)NC(CN)CC2CCCCC2)C1. The van der Waals surface area contributed by atoms with Crippen molar-refractivity contribution >= 4 is 17.6 Å². The van der Waals surface area contributed by atoms with Crippen LogP contribution in [0.2, 0.25) is 5.02 Å². The summed E-state index contributed by atoms with van der Waals surface area (Å²) in [6.07, 6.45) is 11.4. The second kappa shape index (κ2) is 13.7. The van der Waals surface area contributed by atoms with E-state index in [0.717, 1.165) is 37.7 Å². The number of piperidine rings is 1. The first-order chi connectivity index (χ1) is 16.5. The molecule has 2 aliphatic rings. The number of carbonyl (C=O) groups excluding carboxylic acids is 1. The molecule has 1 aromatic rings. The third-order valence-corrected chi connectivity index (χ3v) is 8.05. The van der Waals surface area contributed by atoms with Crippen molar-refractivity contribution in [1.82, 2.24) is 10.2 Å². The minimum Gasteiger partial charge on any atom is -0.385 e. The van der Waals surface area contributed by atoms with Crippen LogP contribution in [0.5, 0.6) is 0 Å². The second-order valence-electron chi connectivity index (χ2n) is 10.3. The van der Waals surface area contributed by atoms with Gasteiger partial charge in [-0.15, -0.1) is 0 Å². The molecule has 1 saturated heterocycles. The van der Waals surface area contributed by atoms with Gasteiger partial charge in [-0.3, -0.25) is 0 Å². The summed E-state index contributed by atoms with van der Waals surface area (Å²) in [4.78, 5) is 15.1. The van der Waals surface area contributed by atoms with Crippen molar-refractivity contribution in [2.24, 2.45) is 17.6 Å². The maximum Gasteiger partial charge on any atom is 0.317 e. The molecule has 2 amide bonds. The van der Waals surface area contributed by atoms with E-state index in [-0.39, 0.29) is 18.0 Å². The number of rotatable bonds is 11. The standard InChI is InChI=1S/C27H44ClN3O3/c1-34-16-6-5-14-27(33,22-11-7-13-24(28)18-22)23-12-8-15-31(20-23)26(32)30-25(19-29)17-21-9-3-2-4-10-21/h7,11,13,18,21,23,25,33H,2-6,8-10,12,14-17,19-20,29H2,1H3,(H,30,32). The molecule has 1 saturated carbocycles. The lowest BCUT2D eigenvalue weighted by Crippen LogP contribution is -2.53. The molecule has 6 nitrogen and oxygen atoms in total. The number of hydrogen-bond acceptors (Lipinski definition) is 4. The second-order valence-corrected chi connectivity index (χ2v) is 10.7. The monoisotopic (exact) mass is 493 g/mol. The Labute approximate surface area is 210 Å². The van der Waals surface area contributed by atoms with Crippen LogP contribution in [0.25, 0.3) is 0 Å². The number of unbranched alkanes of at least 4 members (excludes halogenated alkanes) is 1. The van der Waals surface area contributed by atoms with Crippen LogP contribution in [0.3, 0.4) is 0 Å². The van der Waals surface area contributed by atoms with Crippen LogP contribution in [-0.2, 0) is 10.3 Å². The van der Waals surface area contributed by atoms with Crippen molar-refractivity contribution in [3.05, 3.63) is 34.9 Å².